The average Bonchev–Trinajstić information content (AvgIpc) is 2.55. The van der Waals surface area contributed by atoms with Crippen LogP contribution in [-0.4, -0.2) is 30.7 Å². The maximum absolute atomic E-state index is 3.94. The molecule has 0 amide bonds. The zero-order valence-corrected chi connectivity index (χ0v) is 18.0. The van der Waals surface area contributed by atoms with E-state index in [9.17, 15) is 0 Å². The quantitative estimate of drug-likeness (QED) is 0.202. The van der Waals surface area contributed by atoms with Gasteiger partial charge in [-0.05, 0) is 32.8 Å². The lowest BCUT2D eigenvalue weighted by molar-refractivity contribution is -0.919. The predicted octanol–water partition coefficient (Wildman–Crippen LogP) is 3.73. The molecule has 0 aliphatic rings. The Bertz CT molecular complexity index is 236. The fourth-order valence-electron chi connectivity index (χ4n) is 3.45. The molecule has 0 aromatic carbocycles. The first kappa shape index (κ1) is 25.4. The first-order valence-corrected chi connectivity index (χ1v) is 10.2. The van der Waals surface area contributed by atoms with Gasteiger partial charge in [-0.1, -0.05) is 77.7 Å². The summed E-state index contributed by atoms with van der Waals surface area (Å²) in [5.74, 6) is 0. The van der Waals surface area contributed by atoms with Gasteiger partial charge in [-0.2, -0.15) is 0 Å². The molecule has 0 N–H and O–H groups in total. The van der Waals surface area contributed by atoms with Crippen molar-refractivity contribution in [1.82, 2.24) is 0 Å². The van der Waals surface area contributed by atoms with Crippen LogP contribution < -0.4 is 17.0 Å². The van der Waals surface area contributed by atoms with Gasteiger partial charge in [0.15, 0.2) is 0 Å². The zero-order valence-electron chi connectivity index (χ0n) is 16.4. The molecule has 0 saturated heterocycles. The summed E-state index contributed by atoms with van der Waals surface area (Å²) < 4.78 is 1.24. The summed E-state index contributed by atoms with van der Waals surface area (Å²) in [6.07, 6.45) is 19.4. The maximum atomic E-state index is 3.94. The van der Waals surface area contributed by atoms with Crippen LogP contribution >= 0.6 is 0 Å². The SMILES string of the molecule is C=CC[N+](CC)(CC)CCCCCCCCCCCCCC.[Br-]. The molecule has 0 atom stereocenters. The molecule has 1 nitrogen and oxygen atoms in total. The van der Waals surface area contributed by atoms with Crippen molar-refractivity contribution in [2.75, 3.05) is 26.2 Å². The Kier molecular flexibility index (Phi) is 20.5. The molecule has 0 aliphatic heterocycles. The highest BCUT2D eigenvalue weighted by Crippen LogP contribution is 2.14. The van der Waals surface area contributed by atoms with Crippen LogP contribution in [0.3, 0.4) is 0 Å². The second-order valence-electron chi connectivity index (χ2n) is 7.06. The van der Waals surface area contributed by atoms with Crippen LogP contribution in [0.4, 0.5) is 0 Å². The molecule has 140 valence electrons. The van der Waals surface area contributed by atoms with Crippen LogP contribution in [0.15, 0.2) is 12.7 Å². The molecule has 0 saturated carbocycles. The zero-order chi connectivity index (χ0) is 16.5. The highest BCUT2D eigenvalue weighted by atomic mass is 79.9. The number of hydrogen-bond acceptors (Lipinski definition) is 0. The number of likely N-dealkylation sites (N-methyl/N-ethyl adjacent to an activating group) is 1. The molecule has 0 aliphatic carbocycles. The third-order valence-corrected chi connectivity index (χ3v) is 5.34. The lowest BCUT2D eigenvalue weighted by atomic mass is 10.0. The van der Waals surface area contributed by atoms with E-state index in [1.54, 1.807) is 0 Å². The van der Waals surface area contributed by atoms with Crippen molar-refractivity contribution in [3.05, 3.63) is 12.7 Å². The number of halogens is 1. The minimum Gasteiger partial charge on any atom is -1.00 e. The Hall–Kier alpha value is 0.180. The van der Waals surface area contributed by atoms with E-state index in [1.807, 2.05) is 0 Å². The first-order chi connectivity index (χ1) is 10.7. The molecular formula is C21H44BrN. The monoisotopic (exact) mass is 389 g/mol. The third-order valence-electron chi connectivity index (χ3n) is 5.34. The normalized spacial score (nSPS) is 11.3. The number of unbranched alkanes of at least 4 members (excludes halogenated alkanes) is 11. The lowest BCUT2D eigenvalue weighted by Gasteiger charge is -2.36. The summed E-state index contributed by atoms with van der Waals surface area (Å²) in [6.45, 7) is 15.9. The number of rotatable bonds is 17. The van der Waals surface area contributed by atoms with Crippen molar-refractivity contribution in [3.8, 4) is 0 Å². The van der Waals surface area contributed by atoms with E-state index in [2.05, 4.69) is 33.4 Å². The van der Waals surface area contributed by atoms with E-state index in [0.717, 1.165) is 6.54 Å². The largest absolute Gasteiger partial charge is 1.00 e. The van der Waals surface area contributed by atoms with E-state index in [1.165, 1.54) is 101 Å². The Labute approximate surface area is 158 Å². The molecule has 0 fully saturated rings. The third kappa shape index (κ3) is 14.2. The second kappa shape index (κ2) is 18.5. The van der Waals surface area contributed by atoms with Gasteiger partial charge >= 0.3 is 0 Å². The van der Waals surface area contributed by atoms with Gasteiger partial charge in [-0.3, -0.25) is 0 Å². The van der Waals surface area contributed by atoms with Gasteiger partial charge in [0.25, 0.3) is 0 Å². The van der Waals surface area contributed by atoms with Crippen LogP contribution in [0.25, 0.3) is 0 Å². The predicted molar refractivity (Wildman–Crippen MR) is 102 cm³/mol. The van der Waals surface area contributed by atoms with Crippen LogP contribution in [0, 0.1) is 0 Å². The average molecular weight is 390 g/mol. The Morgan fingerprint density at radius 3 is 1.39 bits per heavy atom. The molecule has 0 rings (SSSR count). The first-order valence-electron chi connectivity index (χ1n) is 10.2. The smallest absolute Gasteiger partial charge is 0.0970 e. The molecule has 0 aromatic rings. The van der Waals surface area contributed by atoms with Gasteiger partial charge < -0.3 is 21.5 Å². The van der Waals surface area contributed by atoms with E-state index in [0.29, 0.717) is 0 Å². The molecule has 0 heterocycles. The standard InChI is InChI=1S/C21H44N.BrH/c1-5-9-10-11-12-13-14-15-16-17-18-19-21-22(7-3,8-4)20-6-2;/h6H,2,5,7-21H2,1,3-4H3;1H/q+1;/p-1. The second-order valence-corrected chi connectivity index (χ2v) is 7.06. The van der Waals surface area contributed by atoms with Gasteiger partial charge in [0, 0.05) is 0 Å². The number of nitrogens with zero attached hydrogens (tertiary/aromatic N) is 1. The van der Waals surface area contributed by atoms with Crippen LogP contribution in [0.1, 0.15) is 97.8 Å². The van der Waals surface area contributed by atoms with Crippen molar-refractivity contribution in [2.45, 2.75) is 97.8 Å². The molecule has 0 radical (unpaired) electrons. The molecule has 0 spiro atoms. The molecular weight excluding hydrogens is 346 g/mol. The highest BCUT2D eigenvalue weighted by molar-refractivity contribution is 4.66. The van der Waals surface area contributed by atoms with E-state index >= 15 is 0 Å². The molecule has 2 heteroatoms. The Morgan fingerprint density at radius 1 is 0.652 bits per heavy atom. The van der Waals surface area contributed by atoms with Crippen molar-refractivity contribution in [1.29, 1.82) is 0 Å². The topological polar surface area (TPSA) is 0 Å². The van der Waals surface area contributed by atoms with Crippen LogP contribution in [-0.2, 0) is 0 Å². The summed E-state index contributed by atoms with van der Waals surface area (Å²) in [7, 11) is 0. The molecule has 0 bridgehead atoms. The van der Waals surface area contributed by atoms with Gasteiger partial charge in [-0.25, -0.2) is 0 Å². The summed E-state index contributed by atoms with van der Waals surface area (Å²) in [4.78, 5) is 0. The van der Waals surface area contributed by atoms with Gasteiger partial charge in [0.2, 0.25) is 0 Å². The fraction of sp³-hybridized carbons (Fsp3) is 0.905. The Balaban J connectivity index is 0. The summed E-state index contributed by atoms with van der Waals surface area (Å²) in [5, 5.41) is 0. The van der Waals surface area contributed by atoms with E-state index in [4.69, 9.17) is 0 Å². The number of hydrogen-bond donors (Lipinski definition) is 0. The van der Waals surface area contributed by atoms with Crippen molar-refractivity contribution in [2.24, 2.45) is 0 Å². The highest BCUT2D eigenvalue weighted by Gasteiger charge is 2.20. The Morgan fingerprint density at radius 2 is 1.04 bits per heavy atom. The van der Waals surface area contributed by atoms with Gasteiger partial charge in [0.1, 0.15) is 0 Å². The summed E-state index contributed by atoms with van der Waals surface area (Å²) in [5.41, 5.74) is 0. The fourth-order valence-corrected chi connectivity index (χ4v) is 3.45. The minimum absolute atomic E-state index is 0. The molecule has 0 unspecified atom stereocenters. The van der Waals surface area contributed by atoms with E-state index in [-0.39, 0.29) is 17.0 Å². The van der Waals surface area contributed by atoms with Crippen molar-refractivity contribution in [3.63, 3.8) is 0 Å². The lowest BCUT2D eigenvalue weighted by Crippen LogP contribution is -3.00. The minimum atomic E-state index is 0. The van der Waals surface area contributed by atoms with Gasteiger partial charge in [-0.15, -0.1) is 0 Å². The maximum Gasteiger partial charge on any atom is 0.0970 e. The van der Waals surface area contributed by atoms with Crippen molar-refractivity contribution >= 4 is 0 Å². The molecule has 0 aromatic heterocycles. The van der Waals surface area contributed by atoms with Crippen LogP contribution in [0.2, 0.25) is 0 Å². The summed E-state index contributed by atoms with van der Waals surface area (Å²) >= 11 is 0. The van der Waals surface area contributed by atoms with Crippen molar-refractivity contribution < 1.29 is 21.5 Å². The summed E-state index contributed by atoms with van der Waals surface area (Å²) in [6, 6.07) is 0. The van der Waals surface area contributed by atoms with Gasteiger partial charge in [0.05, 0.1) is 26.2 Å². The van der Waals surface area contributed by atoms with E-state index < -0.39 is 0 Å². The molecule has 23 heavy (non-hydrogen) atoms. The van der Waals surface area contributed by atoms with Crippen LogP contribution in [0.5, 0.6) is 0 Å². The number of quaternary nitrogens is 1.